The van der Waals surface area contributed by atoms with Crippen LogP contribution >= 0.6 is 0 Å². The molecular weight excluding hydrogens is 128 g/mol. The molecule has 0 aromatic rings. The van der Waals surface area contributed by atoms with Crippen molar-refractivity contribution in [2.24, 2.45) is 0 Å². The number of hydrogen-bond donors (Lipinski definition) is 0. The van der Waals surface area contributed by atoms with Gasteiger partial charge in [-0.1, -0.05) is 13.3 Å². The van der Waals surface area contributed by atoms with E-state index in [1.54, 1.807) is 0 Å². The van der Waals surface area contributed by atoms with Crippen LogP contribution in [0.3, 0.4) is 0 Å². The van der Waals surface area contributed by atoms with Gasteiger partial charge in [0.25, 0.3) is 0 Å². The lowest BCUT2D eigenvalue weighted by atomic mass is 10.4. The van der Waals surface area contributed by atoms with E-state index >= 15 is 0 Å². The van der Waals surface area contributed by atoms with Gasteiger partial charge < -0.3 is 4.43 Å². The second kappa shape index (κ2) is 4.07. The minimum atomic E-state index is -1.23. The summed E-state index contributed by atoms with van der Waals surface area (Å²) < 4.78 is 5.55. The van der Waals surface area contributed by atoms with Gasteiger partial charge in [-0.2, -0.15) is 0 Å². The molecule has 0 aliphatic rings. The summed E-state index contributed by atoms with van der Waals surface area (Å²) in [6.07, 6.45) is 3.28. The summed E-state index contributed by atoms with van der Waals surface area (Å²) in [7, 11) is -1.23. The summed E-state index contributed by atoms with van der Waals surface area (Å²) in [4.78, 5) is 0. The lowest BCUT2D eigenvalue weighted by Crippen LogP contribution is -2.25. The standard InChI is InChI=1S/C7H17OSi/c1-5-6-7-8-9(2,3)4/h6H,5,7H2,1-4H3. The Morgan fingerprint density at radius 2 is 1.89 bits per heavy atom. The lowest BCUT2D eigenvalue weighted by molar-refractivity contribution is 0.340. The highest BCUT2D eigenvalue weighted by molar-refractivity contribution is 6.69. The maximum atomic E-state index is 5.55. The summed E-state index contributed by atoms with van der Waals surface area (Å²) in [6, 6.07) is 0. The molecule has 0 aliphatic heterocycles. The molecule has 0 fully saturated rings. The lowest BCUT2D eigenvalue weighted by Gasteiger charge is -2.16. The SMILES string of the molecule is CC[CH]CO[Si](C)(C)C. The van der Waals surface area contributed by atoms with E-state index in [0.717, 1.165) is 13.0 Å². The number of rotatable bonds is 4. The summed E-state index contributed by atoms with van der Waals surface area (Å²) in [5, 5.41) is 0. The minimum absolute atomic E-state index is 0.840. The second-order valence-corrected chi connectivity index (χ2v) is 7.63. The molecule has 9 heavy (non-hydrogen) atoms. The van der Waals surface area contributed by atoms with Crippen LogP contribution in [-0.2, 0) is 4.43 Å². The Morgan fingerprint density at radius 3 is 2.22 bits per heavy atom. The first-order valence-corrected chi connectivity index (χ1v) is 6.92. The topological polar surface area (TPSA) is 9.23 Å². The predicted molar refractivity (Wildman–Crippen MR) is 43.9 cm³/mol. The highest BCUT2D eigenvalue weighted by Gasteiger charge is 2.12. The van der Waals surface area contributed by atoms with Crippen molar-refractivity contribution in [3.05, 3.63) is 6.42 Å². The first-order valence-electron chi connectivity index (χ1n) is 3.52. The molecule has 0 heterocycles. The van der Waals surface area contributed by atoms with Crippen LogP contribution in [0.2, 0.25) is 19.6 Å². The Balaban J connectivity index is 3.07. The van der Waals surface area contributed by atoms with Crippen LogP contribution in [-0.4, -0.2) is 14.9 Å². The van der Waals surface area contributed by atoms with Crippen LogP contribution in [0.15, 0.2) is 0 Å². The fraction of sp³-hybridized carbons (Fsp3) is 0.857. The van der Waals surface area contributed by atoms with E-state index in [2.05, 4.69) is 33.0 Å². The van der Waals surface area contributed by atoms with Crippen LogP contribution in [0.5, 0.6) is 0 Å². The fourth-order valence-corrected chi connectivity index (χ4v) is 1.04. The quantitative estimate of drug-likeness (QED) is 0.436. The van der Waals surface area contributed by atoms with E-state index < -0.39 is 8.32 Å². The second-order valence-electron chi connectivity index (χ2n) is 3.12. The third-order valence-corrected chi connectivity index (χ3v) is 1.96. The molecular formula is C7H17OSi. The molecule has 0 unspecified atom stereocenters. The molecule has 0 amide bonds. The molecule has 0 aromatic heterocycles. The van der Waals surface area contributed by atoms with Crippen LogP contribution < -0.4 is 0 Å². The molecule has 0 N–H and O–H groups in total. The predicted octanol–water partition coefficient (Wildman–Crippen LogP) is 2.45. The average molecular weight is 145 g/mol. The Kier molecular flexibility index (Phi) is 4.15. The molecule has 1 radical (unpaired) electrons. The maximum absolute atomic E-state index is 5.55. The highest BCUT2D eigenvalue weighted by Crippen LogP contribution is 2.02. The van der Waals surface area contributed by atoms with Crippen LogP contribution in [0.1, 0.15) is 13.3 Å². The maximum Gasteiger partial charge on any atom is 0.183 e. The van der Waals surface area contributed by atoms with Gasteiger partial charge in [-0.05, 0) is 26.1 Å². The van der Waals surface area contributed by atoms with E-state index in [9.17, 15) is 0 Å². The third-order valence-electron chi connectivity index (χ3n) is 0.923. The van der Waals surface area contributed by atoms with Gasteiger partial charge in [-0.25, -0.2) is 0 Å². The Labute approximate surface area is 59.5 Å². The van der Waals surface area contributed by atoms with E-state index in [4.69, 9.17) is 4.43 Å². The Hall–Kier alpha value is 0.177. The van der Waals surface area contributed by atoms with Crippen molar-refractivity contribution in [2.45, 2.75) is 33.0 Å². The molecule has 0 saturated heterocycles. The summed E-state index contributed by atoms with van der Waals surface area (Å²) in [5.41, 5.74) is 0. The number of hydrogen-bond acceptors (Lipinski definition) is 1. The zero-order valence-electron chi connectivity index (χ0n) is 6.90. The third kappa shape index (κ3) is 8.18. The average Bonchev–Trinajstić information content (AvgIpc) is 1.63. The number of unbranched alkanes of at least 4 members (excludes halogenated alkanes) is 1. The van der Waals surface area contributed by atoms with Gasteiger partial charge in [-0.3, -0.25) is 0 Å². The molecule has 0 aliphatic carbocycles. The van der Waals surface area contributed by atoms with E-state index in [-0.39, 0.29) is 0 Å². The van der Waals surface area contributed by atoms with Gasteiger partial charge in [-0.15, -0.1) is 0 Å². The molecule has 2 heteroatoms. The Morgan fingerprint density at radius 1 is 1.33 bits per heavy atom. The summed E-state index contributed by atoms with van der Waals surface area (Å²) >= 11 is 0. The normalized spacial score (nSPS) is 12.0. The first-order chi connectivity index (χ1) is 4.06. The van der Waals surface area contributed by atoms with Crippen molar-refractivity contribution in [3.8, 4) is 0 Å². The van der Waals surface area contributed by atoms with Crippen molar-refractivity contribution in [1.82, 2.24) is 0 Å². The molecule has 0 rings (SSSR count). The molecule has 0 bridgehead atoms. The highest BCUT2D eigenvalue weighted by atomic mass is 28.4. The summed E-state index contributed by atoms with van der Waals surface area (Å²) in [5.74, 6) is 0. The van der Waals surface area contributed by atoms with Crippen molar-refractivity contribution in [1.29, 1.82) is 0 Å². The van der Waals surface area contributed by atoms with Gasteiger partial charge >= 0.3 is 0 Å². The molecule has 55 valence electrons. The van der Waals surface area contributed by atoms with E-state index in [0.29, 0.717) is 0 Å². The van der Waals surface area contributed by atoms with Crippen LogP contribution in [0.25, 0.3) is 0 Å². The minimum Gasteiger partial charge on any atom is -0.417 e. The molecule has 1 nitrogen and oxygen atoms in total. The smallest absolute Gasteiger partial charge is 0.183 e. The zero-order valence-corrected chi connectivity index (χ0v) is 7.90. The monoisotopic (exact) mass is 145 g/mol. The largest absolute Gasteiger partial charge is 0.417 e. The molecule has 0 saturated carbocycles. The molecule has 0 aromatic carbocycles. The molecule has 0 spiro atoms. The van der Waals surface area contributed by atoms with Gasteiger partial charge in [0.2, 0.25) is 0 Å². The van der Waals surface area contributed by atoms with Gasteiger partial charge in [0, 0.05) is 6.61 Å². The van der Waals surface area contributed by atoms with Crippen molar-refractivity contribution in [2.75, 3.05) is 6.61 Å². The zero-order chi connectivity index (χ0) is 7.33. The van der Waals surface area contributed by atoms with E-state index in [1.807, 2.05) is 0 Å². The van der Waals surface area contributed by atoms with Crippen molar-refractivity contribution < 1.29 is 4.43 Å². The van der Waals surface area contributed by atoms with Gasteiger partial charge in [0.15, 0.2) is 8.32 Å². The van der Waals surface area contributed by atoms with Crippen LogP contribution in [0.4, 0.5) is 0 Å². The van der Waals surface area contributed by atoms with E-state index in [1.165, 1.54) is 0 Å². The Bertz CT molecular complexity index is 65.8. The molecule has 0 atom stereocenters. The van der Waals surface area contributed by atoms with Crippen molar-refractivity contribution in [3.63, 3.8) is 0 Å². The van der Waals surface area contributed by atoms with Crippen LogP contribution in [0, 0.1) is 6.42 Å². The van der Waals surface area contributed by atoms with Crippen molar-refractivity contribution >= 4 is 8.32 Å². The van der Waals surface area contributed by atoms with Gasteiger partial charge in [0.05, 0.1) is 0 Å². The van der Waals surface area contributed by atoms with Gasteiger partial charge in [0.1, 0.15) is 0 Å². The fourth-order valence-electron chi connectivity index (χ4n) is 0.427. The first kappa shape index (κ1) is 9.18. The summed E-state index contributed by atoms with van der Waals surface area (Å²) in [6.45, 7) is 9.59.